The zero-order valence-electron chi connectivity index (χ0n) is 13.6. The third kappa shape index (κ3) is 4.22. The number of nitrogens with one attached hydrogen (secondary N) is 1. The van der Waals surface area contributed by atoms with Crippen molar-refractivity contribution in [1.82, 2.24) is 5.32 Å². The van der Waals surface area contributed by atoms with E-state index >= 15 is 0 Å². The second-order valence-corrected chi connectivity index (χ2v) is 6.16. The molecule has 23 heavy (non-hydrogen) atoms. The molecular weight excluding hydrogens is 294 g/mol. The Balaban J connectivity index is 1.90. The average Bonchev–Trinajstić information content (AvgIpc) is 3.37. The molecule has 1 fully saturated rings. The van der Waals surface area contributed by atoms with E-state index in [0.717, 1.165) is 18.5 Å². The van der Waals surface area contributed by atoms with E-state index in [9.17, 15) is 14.9 Å². The zero-order valence-corrected chi connectivity index (χ0v) is 13.6. The molecule has 6 heteroatoms. The van der Waals surface area contributed by atoms with E-state index in [0.29, 0.717) is 5.56 Å². The lowest BCUT2D eigenvalue weighted by molar-refractivity contribution is -0.125. The number of nitrogens with zero attached hydrogens (tertiary/aromatic N) is 2. The van der Waals surface area contributed by atoms with Crippen LogP contribution >= 0.6 is 0 Å². The number of hydrogen-bond donors (Lipinski definition) is 1. The van der Waals surface area contributed by atoms with E-state index < -0.39 is 24.0 Å². The molecule has 0 radical (unpaired) electrons. The van der Waals surface area contributed by atoms with Crippen LogP contribution in [0.2, 0.25) is 0 Å². The van der Waals surface area contributed by atoms with Crippen LogP contribution in [-0.2, 0) is 9.53 Å². The van der Waals surface area contributed by atoms with Crippen LogP contribution in [0.1, 0.15) is 30.1 Å². The lowest BCUT2D eigenvalue weighted by Gasteiger charge is -2.22. The predicted octanol–water partition coefficient (Wildman–Crippen LogP) is 1.72. The maximum Gasteiger partial charge on any atom is 0.338 e. The van der Waals surface area contributed by atoms with Gasteiger partial charge < -0.3 is 15.0 Å². The smallest absolute Gasteiger partial charge is 0.338 e. The van der Waals surface area contributed by atoms with E-state index in [1.165, 1.54) is 0 Å². The number of carbonyl (C=O) groups excluding carboxylic acids is 2. The Bertz CT molecular complexity index is 647. The van der Waals surface area contributed by atoms with Crippen molar-refractivity contribution in [3.8, 4) is 6.07 Å². The van der Waals surface area contributed by atoms with Crippen molar-refractivity contribution < 1.29 is 14.3 Å². The van der Waals surface area contributed by atoms with Crippen LogP contribution in [0.15, 0.2) is 24.3 Å². The summed E-state index contributed by atoms with van der Waals surface area (Å²) in [5, 5.41) is 11.9. The van der Waals surface area contributed by atoms with E-state index in [1.807, 2.05) is 25.1 Å². The van der Waals surface area contributed by atoms with Crippen molar-refractivity contribution in [2.45, 2.75) is 25.3 Å². The Labute approximate surface area is 136 Å². The molecule has 6 nitrogen and oxygen atoms in total. The van der Waals surface area contributed by atoms with Crippen LogP contribution < -0.4 is 10.2 Å². The number of amides is 1. The Morgan fingerprint density at radius 3 is 2.70 bits per heavy atom. The van der Waals surface area contributed by atoms with Gasteiger partial charge >= 0.3 is 5.97 Å². The molecule has 0 aliphatic heterocycles. The first-order valence-electron chi connectivity index (χ1n) is 7.52. The van der Waals surface area contributed by atoms with Crippen LogP contribution in [0, 0.1) is 17.2 Å². The molecule has 1 amide bonds. The highest BCUT2D eigenvalue weighted by Gasteiger charge is 2.43. The van der Waals surface area contributed by atoms with Crippen LogP contribution in [0.3, 0.4) is 0 Å². The van der Waals surface area contributed by atoms with Gasteiger partial charge in [-0.1, -0.05) is 6.07 Å². The van der Waals surface area contributed by atoms with Crippen LogP contribution in [0.25, 0.3) is 0 Å². The van der Waals surface area contributed by atoms with Gasteiger partial charge in [-0.15, -0.1) is 0 Å². The number of rotatable bonds is 6. The van der Waals surface area contributed by atoms with Gasteiger partial charge in [0.05, 0.1) is 11.6 Å². The fourth-order valence-electron chi connectivity index (χ4n) is 2.33. The maximum atomic E-state index is 12.0. The first-order valence-corrected chi connectivity index (χ1v) is 7.52. The minimum Gasteiger partial charge on any atom is -0.452 e. The van der Waals surface area contributed by atoms with Crippen molar-refractivity contribution in [2.24, 2.45) is 5.92 Å². The summed E-state index contributed by atoms with van der Waals surface area (Å²) in [5.41, 5.74) is 0.373. The van der Waals surface area contributed by atoms with E-state index in [4.69, 9.17) is 4.74 Å². The minimum atomic E-state index is -0.881. The van der Waals surface area contributed by atoms with Gasteiger partial charge in [0.1, 0.15) is 5.54 Å². The molecule has 1 aliphatic rings. The van der Waals surface area contributed by atoms with E-state index in [-0.39, 0.29) is 5.92 Å². The predicted molar refractivity (Wildman–Crippen MR) is 85.9 cm³/mol. The molecule has 0 saturated heterocycles. The molecule has 0 unspecified atom stereocenters. The summed E-state index contributed by atoms with van der Waals surface area (Å²) in [4.78, 5) is 25.8. The summed E-state index contributed by atoms with van der Waals surface area (Å²) in [7, 11) is 3.75. The Hall–Kier alpha value is -2.55. The number of hydrogen-bond acceptors (Lipinski definition) is 5. The summed E-state index contributed by atoms with van der Waals surface area (Å²) < 4.78 is 5.04. The summed E-state index contributed by atoms with van der Waals surface area (Å²) in [6, 6.07) is 9.09. The van der Waals surface area contributed by atoms with Gasteiger partial charge in [0.25, 0.3) is 5.91 Å². The molecule has 2 rings (SSSR count). The van der Waals surface area contributed by atoms with Gasteiger partial charge in [0.2, 0.25) is 0 Å². The van der Waals surface area contributed by atoms with Crippen molar-refractivity contribution in [2.75, 3.05) is 25.6 Å². The molecule has 0 heterocycles. The summed E-state index contributed by atoms with van der Waals surface area (Å²) in [5.74, 6) is -0.837. The zero-order chi connectivity index (χ0) is 17.0. The Morgan fingerprint density at radius 2 is 2.13 bits per heavy atom. The van der Waals surface area contributed by atoms with Gasteiger partial charge in [0, 0.05) is 19.8 Å². The third-order valence-electron chi connectivity index (χ3n) is 3.96. The van der Waals surface area contributed by atoms with Crippen molar-refractivity contribution >= 4 is 17.6 Å². The van der Waals surface area contributed by atoms with Gasteiger partial charge in [-0.05, 0) is 43.9 Å². The molecule has 1 aliphatic carbocycles. The third-order valence-corrected chi connectivity index (χ3v) is 3.96. The number of benzene rings is 1. The van der Waals surface area contributed by atoms with Gasteiger partial charge in [0.15, 0.2) is 6.61 Å². The molecule has 122 valence electrons. The van der Waals surface area contributed by atoms with Crippen LogP contribution in [0.5, 0.6) is 0 Å². The highest BCUT2D eigenvalue weighted by Crippen LogP contribution is 2.39. The summed E-state index contributed by atoms with van der Waals surface area (Å²) in [6.07, 6.45) is 1.86. The molecule has 1 aromatic rings. The quantitative estimate of drug-likeness (QED) is 0.808. The Kier molecular flexibility index (Phi) is 4.89. The second-order valence-electron chi connectivity index (χ2n) is 6.16. The lowest BCUT2D eigenvalue weighted by atomic mass is 9.98. The number of anilines is 1. The monoisotopic (exact) mass is 315 g/mol. The summed E-state index contributed by atoms with van der Waals surface area (Å²) >= 11 is 0. The maximum absolute atomic E-state index is 12.0. The lowest BCUT2D eigenvalue weighted by Crippen LogP contribution is -2.48. The fraction of sp³-hybridized carbons (Fsp3) is 0.471. The molecule has 1 atom stereocenters. The van der Waals surface area contributed by atoms with Crippen LogP contribution in [0.4, 0.5) is 5.69 Å². The number of nitriles is 1. The van der Waals surface area contributed by atoms with Gasteiger partial charge in [-0.2, -0.15) is 5.26 Å². The van der Waals surface area contributed by atoms with Crippen LogP contribution in [-0.4, -0.2) is 38.1 Å². The molecule has 1 aromatic carbocycles. The largest absolute Gasteiger partial charge is 0.452 e. The molecule has 0 spiro atoms. The number of ether oxygens (including phenoxy) is 1. The first-order chi connectivity index (χ1) is 10.9. The van der Waals surface area contributed by atoms with E-state index in [1.54, 1.807) is 25.1 Å². The average molecular weight is 315 g/mol. The van der Waals surface area contributed by atoms with Crippen molar-refractivity contribution in [1.29, 1.82) is 5.26 Å². The van der Waals surface area contributed by atoms with Crippen molar-refractivity contribution in [3.05, 3.63) is 29.8 Å². The van der Waals surface area contributed by atoms with E-state index in [2.05, 4.69) is 11.4 Å². The molecular formula is C17H21N3O3. The Morgan fingerprint density at radius 1 is 1.43 bits per heavy atom. The highest BCUT2D eigenvalue weighted by molar-refractivity contribution is 5.92. The minimum absolute atomic E-state index is 0.184. The second kappa shape index (κ2) is 6.69. The summed E-state index contributed by atoms with van der Waals surface area (Å²) in [6.45, 7) is 1.31. The standard InChI is InChI=1S/C17H21N3O3/c1-17(11-18,13-7-8-13)19-15(21)10-23-16(22)12-5-4-6-14(9-12)20(2)3/h4-6,9,13H,7-8,10H2,1-3H3,(H,19,21)/t17-/m0/s1. The normalized spacial score (nSPS) is 15.9. The topological polar surface area (TPSA) is 82.4 Å². The highest BCUT2D eigenvalue weighted by atomic mass is 16.5. The molecule has 0 bridgehead atoms. The fourth-order valence-corrected chi connectivity index (χ4v) is 2.33. The van der Waals surface area contributed by atoms with Gasteiger partial charge in [-0.25, -0.2) is 4.79 Å². The SMILES string of the molecule is CN(C)c1cccc(C(=O)OCC(=O)N[C@@](C)(C#N)C2CC2)c1. The first kappa shape index (κ1) is 16.8. The molecule has 1 saturated carbocycles. The number of carbonyl (C=O) groups is 2. The van der Waals surface area contributed by atoms with Crippen molar-refractivity contribution in [3.63, 3.8) is 0 Å². The molecule has 1 N–H and O–H groups in total. The number of esters is 1. The molecule has 0 aromatic heterocycles. The van der Waals surface area contributed by atoms with Gasteiger partial charge in [-0.3, -0.25) is 4.79 Å².